The van der Waals surface area contributed by atoms with E-state index in [1.165, 1.54) is 0 Å². The van der Waals surface area contributed by atoms with Crippen molar-refractivity contribution >= 4 is 10.1 Å². The Kier molecular flexibility index (Phi) is 8.88. The molecule has 24 heavy (non-hydrogen) atoms. The molecule has 2 saturated heterocycles. The lowest BCUT2D eigenvalue weighted by molar-refractivity contribution is 0.146. The summed E-state index contributed by atoms with van der Waals surface area (Å²) < 4.78 is 27.2. The molecule has 0 bridgehead atoms. The summed E-state index contributed by atoms with van der Waals surface area (Å²) in [5.41, 5.74) is 0. The van der Waals surface area contributed by atoms with Crippen LogP contribution in [0.25, 0.3) is 0 Å². The van der Waals surface area contributed by atoms with Crippen molar-refractivity contribution in [3.63, 3.8) is 0 Å². The predicted molar refractivity (Wildman–Crippen MR) is 95.9 cm³/mol. The third-order valence-corrected chi connectivity index (χ3v) is 5.18. The van der Waals surface area contributed by atoms with E-state index in [4.69, 9.17) is 4.18 Å². The van der Waals surface area contributed by atoms with Gasteiger partial charge in [-0.15, -0.1) is 0 Å². The second-order valence-electron chi connectivity index (χ2n) is 6.55. The maximum Gasteiger partial charge on any atom is 0.264 e. The van der Waals surface area contributed by atoms with Gasteiger partial charge in [-0.1, -0.05) is 0 Å². The molecule has 2 fully saturated rings. The highest BCUT2D eigenvalue weighted by Crippen LogP contribution is 1.99. The Balaban J connectivity index is 1.73. The molecule has 0 saturated carbocycles. The first kappa shape index (κ1) is 20.0. The highest BCUT2D eigenvalue weighted by atomic mass is 32.2. The lowest BCUT2D eigenvalue weighted by Gasteiger charge is -2.32. The molecular weight excluding hydrogens is 330 g/mol. The molecule has 0 radical (unpaired) electrons. The molecule has 142 valence electrons. The van der Waals surface area contributed by atoms with Gasteiger partial charge in [-0.25, -0.2) is 0 Å². The molecule has 0 unspecified atom stereocenters. The summed E-state index contributed by atoms with van der Waals surface area (Å²) in [7, 11) is -3.35. The standard InChI is InChI=1S/C15H33N5O3S/c1-24(21,22)23-15-14-20(12-10-18-6-2-16-3-7-18)13-11-19-8-4-17-5-9-19/h16-17H,2-15H2,1H3. The van der Waals surface area contributed by atoms with Gasteiger partial charge in [0, 0.05) is 85.1 Å². The first-order valence-corrected chi connectivity index (χ1v) is 10.8. The number of piperazine rings is 2. The molecule has 0 amide bonds. The van der Waals surface area contributed by atoms with Crippen LogP contribution in [0.1, 0.15) is 0 Å². The number of nitrogens with zero attached hydrogens (tertiary/aromatic N) is 3. The first-order valence-electron chi connectivity index (χ1n) is 8.96. The van der Waals surface area contributed by atoms with E-state index >= 15 is 0 Å². The molecule has 0 spiro atoms. The first-order chi connectivity index (χ1) is 11.5. The summed E-state index contributed by atoms with van der Waals surface area (Å²) in [5, 5.41) is 6.73. The molecule has 2 heterocycles. The molecule has 2 aliphatic heterocycles. The maximum absolute atomic E-state index is 11.2. The summed E-state index contributed by atoms with van der Waals surface area (Å²) in [6, 6.07) is 0. The normalized spacial score (nSPS) is 21.4. The predicted octanol–water partition coefficient (Wildman–Crippen LogP) is -1.92. The van der Waals surface area contributed by atoms with Crippen molar-refractivity contribution in [2.75, 3.05) is 97.9 Å². The van der Waals surface area contributed by atoms with Crippen LogP contribution in [0.4, 0.5) is 0 Å². The van der Waals surface area contributed by atoms with Crippen LogP contribution in [-0.4, -0.2) is 121 Å². The smallest absolute Gasteiger partial charge is 0.264 e. The van der Waals surface area contributed by atoms with Gasteiger partial charge in [0.05, 0.1) is 12.9 Å². The third kappa shape index (κ3) is 8.70. The molecule has 2 N–H and O–H groups in total. The van der Waals surface area contributed by atoms with Crippen LogP contribution >= 0.6 is 0 Å². The SMILES string of the molecule is CS(=O)(=O)OCCN(CCN1CCNCC1)CCN1CCNCC1. The van der Waals surface area contributed by atoms with Crippen LogP contribution in [0.2, 0.25) is 0 Å². The largest absolute Gasteiger partial charge is 0.314 e. The Hall–Kier alpha value is -0.290. The Morgan fingerprint density at radius 3 is 1.75 bits per heavy atom. The molecule has 2 aliphatic rings. The van der Waals surface area contributed by atoms with Gasteiger partial charge in [-0.05, 0) is 0 Å². The van der Waals surface area contributed by atoms with Gasteiger partial charge in [0.25, 0.3) is 10.1 Å². The van der Waals surface area contributed by atoms with Crippen LogP contribution < -0.4 is 10.6 Å². The molecule has 0 aromatic rings. The van der Waals surface area contributed by atoms with Crippen LogP contribution in [0.5, 0.6) is 0 Å². The van der Waals surface area contributed by atoms with E-state index in [2.05, 4.69) is 25.3 Å². The summed E-state index contributed by atoms with van der Waals surface area (Å²) >= 11 is 0. The fourth-order valence-corrected chi connectivity index (χ4v) is 3.47. The van der Waals surface area contributed by atoms with E-state index in [1.807, 2.05) is 0 Å². The molecule has 0 aliphatic carbocycles. The number of hydrogen-bond donors (Lipinski definition) is 2. The summed E-state index contributed by atoms with van der Waals surface area (Å²) in [6.45, 7) is 13.4. The van der Waals surface area contributed by atoms with Gasteiger partial charge < -0.3 is 10.6 Å². The second-order valence-corrected chi connectivity index (χ2v) is 8.19. The Labute approximate surface area is 146 Å². The van der Waals surface area contributed by atoms with Crippen molar-refractivity contribution in [3.05, 3.63) is 0 Å². The number of nitrogens with one attached hydrogen (secondary N) is 2. The zero-order chi connectivity index (χ0) is 17.3. The Morgan fingerprint density at radius 2 is 1.33 bits per heavy atom. The minimum Gasteiger partial charge on any atom is -0.314 e. The molecule has 0 atom stereocenters. The fourth-order valence-electron chi connectivity index (χ4n) is 3.09. The number of rotatable bonds is 10. The van der Waals surface area contributed by atoms with Gasteiger partial charge in [-0.2, -0.15) is 8.42 Å². The highest BCUT2D eigenvalue weighted by molar-refractivity contribution is 7.85. The molecular formula is C15H33N5O3S. The lowest BCUT2D eigenvalue weighted by atomic mass is 10.3. The van der Waals surface area contributed by atoms with Crippen molar-refractivity contribution in [3.8, 4) is 0 Å². The summed E-state index contributed by atoms with van der Waals surface area (Å²) in [4.78, 5) is 7.26. The quantitative estimate of drug-likeness (QED) is 0.435. The highest BCUT2D eigenvalue weighted by Gasteiger charge is 2.15. The molecule has 0 aromatic heterocycles. The Bertz CT molecular complexity index is 414. The van der Waals surface area contributed by atoms with Crippen molar-refractivity contribution < 1.29 is 12.6 Å². The van der Waals surface area contributed by atoms with Gasteiger partial charge in [0.2, 0.25) is 0 Å². The minimum absolute atomic E-state index is 0.238. The second kappa shape index (κ2) is 10.6. The van der Waals surface area contributed by atoms with Gasteiger partial charge in [-0.3, -0.25) is 18.9 Å². The average molecular weight is 364 g/mol. The van der Waals surface area contributed by atoms with Crippen LogP contribution in [0.3, 0.4) is 0 Å². The van der Waals surface area contributed by atoms with E-state index in [0.29, 0.717) is 6.54 Å². The third-order valence-electron chi connectivity index (χ3n) is 4.59. The Morgan fingerprint density at radius 1 is 0.875 bits per heavy atom. The van der Waals surface area contributed by atoms with Crippen LogP contribution in [0.15, 0.2) is 0 Å². The molecule has 0 aromatic carbocycles. The van der Waals surface area contributed by atoms with Crippen molar-refractivity contribution in [2.24, 2.45) is 0 Å². The van der Waals surface area contributed by atoms with Crippen molar-refractivity contribution in [2.45, 2.75) is 0 Å². The summed E-state index contributed by atoms with van der Waals surface area (Å²) in [5.74, 6) is 0. The minimum atomic E-state index is -3.35. The van der Waals surface area contributed by atoms with Crippen LogP contribution in [-0.2, 0) is 14.3 Å². The summed E-state index contributed by atoms with van der Waals surface area (Å²) in [6.07, 6.45) is 1.11. The van der Waals surface area contributed by atoms with Crippen molar-refractivity contribution in [1.29, 1.82) is 0 Å². The topological polar surface area (TPSA) is 77.2 Å². The fraction of sp³-hybridized carbons (Fsp3) is 1.00. The number of hydrogen-bond acceptors (Lipinski definition) is 8. The maximum atomic E-state index is 11.2. The lowest BCUT2D eigenvalue weighted by Crippen LogP contribution is -2.49. The zero-order valence-electron chi connectivity index (χ0n) is 14.9. The van der Waals surface area contributed by atoms with Crippen molar-refractivity contribution in [1.82, 2.24) is 25.3 Å². The van der Waals surface area contributed by atoms with E-state index in [-0.39, 0.29) is 6.61 Å². The van der Waals surface area contributed by atoms with E-state index in [9.17, 15) is 8.42 Å². The average Bonchev–Trinajstić information content (AvgIpc) is 2.57. The zero-order valence-corrected chi connectivity index (χ0v) is 15.7. The molecule has 8 nitrogen and oxygen atoms in total. The van der Waals surface area contributed by atoms with Gasteiger partial charge in [0.1, 0.15) is 0 Å². The van der Waals surface area contributed by atoms with E-state index < -0.39 is 10.1 Å². The van der Waals surface area contributed by atoms with E-state index in [1.54, 1.807) is 0 Å². The van der Waals surface area contributed by atoms with Crippen LogP contribution in [0, 0.1) is 0 Å². The molecule has 2 rings (SSSR count). The monoisotopic (exact) mass is 363 g/mol. The van der Waals surface area contributed by atoms with E-state index in [0.717, 1.165) is 84.8 Å². The van der Waals surface area contributed by atoms with Gasteiger partial charge >= 0.3 is 0 Å². The van der Waals surface area contributed by atoms with Gasteiger partial charge in [0.15, 0.2) is 0 Å². The molecule has 9 heteroatoms.